The van der Waals surface area contributed by atoms with Gasteiger partial charge in [-0.25, -0.2) is 5.43 Å². The topological polar surface area (TPSA) is 27.3 Å². The van der Waals surface area contributed by atoms with Crippen molar-refractivity contribution in [2.75, 3.05) is 24.6 Å². The van der Waals surface area contributed by atoms with Gasteiger partial charge in [0.1, 0.15) is 0 Å². The molecule has 19 heavy (non-hydrogen) atoms. The van der Waals surface area contributed by atoms with Gasteiger partial charge < -0.3 is 5.32 Å². The second-order valence-electron chi connectivity index (χ2n) is 4.33. The smallest absolute Gasteiger partial charge is 0.308 e. The molecule has 0 fully saturated rings. The minimum absolute atomic E-state index is 0.312. The van der Waals surface area contributed by atoms with Crippen molar-refractivity contribution in [3.8, 4) is 0 Å². The number of alkyl halides is 3. The van der Waals surface area contributed by atoms with Crippen molar-refractivity contribution in [2.24, 2.45) is 0 Å². The molecule has 2 rings (SSSR count). The molecule has 2 N–H and O–H groups in total. The van der Waals surface area contributed by atoms with Gasteiger partial charge in [-0.05, 0) is 30.7 Å². The van der Waals surface area contributed by atoms with Gasteiger partial charge in [0.15, 0.2) is 0 Å². The normalized spacial score (nSPS) is 15.2. The molecule has 0 amide bonds. The van der Waals surface area contributed by atoms with Crippen molar-refractivity contribution in [1.82, 2.24) is 10.7 Å². The van der Waals surface area contributed by atoms with Crippen LogP contribution in [0.25, 0.3) is 0 Å². The molecule has 1 aliphatic heterocycles. The summed E-state index contributed by atoms with van der Waals surface area (Å²) in [6.07, 6.45) is 0.353. The SMILES string of the molecule is FC(F)(F)CNCCc1cccc(N2C=CCN2)c1. The number of rotatable bonds is 5. The summed E-state index contributed by atoms with van der Waals surface area (Å²) in [5.41, 5.74) is 5.14. The average Bonchev–Trinajstić information content (AvgIpc) is 2.88. The molecule has 3 nitrogen and oxygen atoms in total. The van der Waals surface area contributed by atoms with E-state index in [-0.39, 0.29) is 0 Å². The van der Waals surface area contributed by atoms with Crippen LogP contribution in [0.4, 0.5) is 18.9 Å². The average molecular weight is 271 g/mol. The fourth-order valence-electron chi connectivity index (χ4n) is 1.86. The van der Waals surface area contributed by atoms with Crippen LogP contribution < -0.4 is 15.8 Å². The Morgan fingerprint density at radius 3 is 2.84 bits per heavy atom. The summed E-state index contributed by atoms with van der Waals surface area (Å²) in [4.78, 5) is 0. The van der Waals surface area contributed by atoms with Crippen LogP contribution in [0.15, 0.2) is 36.5 Å². The Morgan fingerprint density at radius 2 is 2.16 bits per heavy atom. The molecule has 0 atom stereocenters. The Balaban J connectivity index is 1.84. The molecular weight excluding hydrogens is 255 g/mol. The van der Waals surface area contributed by atoms with Crippen LogP contribution in [0.1, 0.15) is 5.56 Å². The first kappa shape index (κ1) is 13.9. The third-order valence-corrected chi connectivity index (χ3v) is 2.74. The number of hydrogen-bond donors (Lipinski definition) is 2. The number of hydrazine groups is 1. The molecule has 0 aromatic heterocycles. The van der Waals surface area contributed by atoms with E-state index in [0.717, 1.165) is 17.8 Å². The summed E-state index contributed by atoms with van der Waals surface area (Å²) < 4.78 is 35.9. The van der Waals surface area contributed by atoms with Gasteiger partial charge in [0, 0.05) is 12.7 Å². The molecule has 0 spiro atoms. The number of nitrogens with one attached hydrogen (secondary N) is 2. The third-order valence-electron chi connectivity index (χ3n) is 2.74. The first-order valence-corrected chi connectivity index (χ1v) is 6.10. The fourth-order valence-corrected chi connectivity index (χ4v) is 1.86. The zero-order valence-corrected chi connectivity index (χ0v) is 10.4. The van der Waals surface area contributed by atoms with Gasteiger partial charge in [0.05, 0.1) is 12.2 Å². The second kappa shape index (κ2) is 6.08. The highest BCUT2D eigenvalue weighted by Gasteiger charge is 2.25. The summed E-state index contributed by atoms with van der Waals surface area (Å²) >= 11 is 0. The minimum atomic E-state index is -4.15. The first-order chi connectivity index (χ1) is 9.04. The lowest BCUT2D eigenvalue weighted by Gasteiger charge is -2.17. The molecule has 0 unspecified atom stereocenters. The van der Waals surface area contributed by atoms with E-state index in [4.69, 9.17) is 0 Å². The van der Waals surface area contributed by atoms with Gasteiger partial charge in [-0.3, -0.25) is 5.01 Å². The molecule has 0 radical (unpaired) electrons. The summed E-state index contributed by atoms with van der Waals surface area (Å²) in [6, 6.07) is 7.74. The molecule has 0 saturated heterocycles. The van der Waals surface area contributed by atoms with Gasteiger partial charge in [0.25, 0.3) is 0 Å². The van der Waals surface area contributed by atoms with Gasteiger partial charge in [-0.2, -0.15) is 13.2 Å². The zero-order valence-electron chi connectivity index (χ0n) is 10.4. The predicted molar refractivity (Wildman–Crippen MR) is 68.7 cm³/mol. The predicted octanol–water partition coefficient (Wildman–Crippen LogP) is 2.22. The molecular formula is C13H16F3N3. The van der Waals surface area contributed by atoms with Gasteiger partial charge in [0.2, 0.25) is 0 Å². The number of nitrogens with zero attached hydrogens (tertiary/aromatic N) is 1. The Hall–Kier alpha value is -1.53. The van der Waals surface area contributed by atoms with Crippen molar-refractivity contribution < 1.29 is 13.2 Å². The Labute approximate surface area is 110 Å². The zero-order chi connectivity index (χ0) is 13.7. The molecule has 104 valence electrons. The van der Waals surface area contributed by atoms with Crippen molar-refractivity contribution in [3.05, 3.63) is 42.1 Å². The minimum Gasteiger partial charge on any atom is -0.308 e. The lowest BCUT2D eigenvalue weighted by atomic mass is 10.1. The summed E-state index contributed by atoms with van der Waals surface area (Å²) in [7, 11) is 0. The summed E-state index contributed by atoms with van der Waals surface area (Å²) in [6.45, 7) is 0.159. The number of anilines is 1. The van der Waals surface area contributed by atoms with E-state index in [1.54, 1.807) is 0 Å². The van der Waals surface area contributed by atoms with Crippen LogP contribution in [0.5, 0.6) is 0 Å². The van der Waals surface area contributed by atoms with Crippen LogP contribution in [0.2, 0.25) is 0 Å². The Kier molecular flexibility index (Phi) is 4.44. The van der Waals surface area contributed by atoms with Crippen molar-refractivity contribution >= 4 is 5.69 Å². The largest absolute Gasteiger partial charge is 0.401 e. The summed E-state index contributed by atoms with van der Waals surface area (Å²) in [5.74, 6) is 0. The molecule has 1 aromatic rings. The maximum Gasteiger partial charge on any atom is 0.401 e. The van der Waals surface area contributed by atoms with Crippen LogP contribution in [-0.4, -0.2) is 25.8 Å². The maximum absolute atomic E-state index is 12.0. The van der Waals surface area contributed by atoms with Crippen molar-refractivity contribution in [3.63, 3.8) is 0 Å². The standard InChI is InChI=1S/C13H16F3N3/c14-13(15,16)10-17-7-5-11-3-1-4-12(9-11)19-8-2-6-18-19/h1-4,8-9,17-18H,5-7,10H2. The monoisotopic (exact) mass is 271 g/mol. The third kappa shape index (κ3) is 4.57. The van der Waals surface area contributed by atoms with E-state index < -0.39 is 12.7 Å². The number of halogens is 3. The van der Waals surface area contributed by atoms with Crippen LogP contribution >= 0.6 is 0 Å². The Morgan fingerprint density at radius 1 is 1.32 bits per heavy atom. The first-order valence-electron chi connectivity index (χ1n) is 6.10. The molecule has 1 heterocycles. The van der Waals surface area contributed by atoms with Gasteiger partial charge in [-0.1, -0.05) is 18.2 Å². The molecule has 0 aliphatic carbocycles. The van der Waals surface area contributed by atoms with Gasteiger partial charge in [-0.15, -0.1) is 0 Å². The quantitative estimate of drug-likeness (QED) is 0.804. The van der Waals surface area contributed by atoms with E-state index in [1.165, 1.54) is 0 Å². The van der Waals surface area contributed by atoms with E-state index >= 15 is 0 Å². The number of hydrogen-bond acceptors (Lipinski definition) is 3. The van der Waals surface area contributed by atoms with Gasteiger partial charge >= 0.3 is 6.18 Å². The van der Waals surface area contributed by atoms with E-state index in [2.05, 4.69) is 10.7 Å². The van der Waals surface area contributed by atoms with E-state index in [0.29, 0.717) is 13.0 Å². The van der Waals surface area contributed by atoms with E-state index in [9.17, 15) is 13.2 Å². The highest BCUT2D eigenvalue weighted by Crippen LogP contribution is 2.17. The van der Waals surface area contributed by atoms with Crippen molar-refractivity contribution in [2.45, 2.75) is 12.6 Å². The molecule has 1 aromatic carbocycles. The van der Waals surface area contributed by atoms with E-state index in [1.807, 2.05) is 41.6 Å². The molecule has 0 saturated carbocycles. The maximum atomic E-state index is 12.0. The molecule has 1 aliphatic rings. The second-order valence-corrected chi connectivity index (χ2v) is 4.33. The lowest BCUT2D eigenvalue weighted by Crippen LogP contribution is -2.30. The highest BCUT2D eigenvalue weighted by atomic mass is 19.4. The van der Waals surface area contributed by atoms with Crippen LogP contribution in [-0.2, 0) is 6.42 Å². The Bertz CT molecular complexity index is 443. The fraction of sp³-hybridized carbons (Fsp3) is 0.385. The van der Waals surface area contributed by atoms with Crippen LogP contribution in [0.3, 0.4) is 0 Å². The number of benzene rings is 1. The molecule has 6 heteroatoms. The van der Waals surface area contributed by atoms with Crippen molar-refractivity contribution in [1.29, 1.82) is 0 Å². The highest BCUT2D eigenvalue weighted by molar-refractivity contribution is 5.51. The summed E-state index contributed by atoms with van der Waals surface area (Å²) in [5, 5.41) is 4.29. The van der Waals surface area contributed by atoms with Crippen LogP contribution in [0, 0.1) is 0 Å². The molecule has 0 bridgehead atoms. The lowest BCUT2D eigenvalue weighted by molar-refractivity contribution is -0.124.